The number of hydrogen-bond donors (Lipinski definition) is 2. The number of benzene rings is 2. The Labute approximate surface area is 151 Å². The lowest BCUT2D eigenvalue weighted by atomic mass is 9.86. The molecule has 1 aliphatic carbocycles. The fourth-order valence-corrected chi connectivity index (χ4v) is 3.79. The third-order valence-electron chi connectivity index (χ3n) is 4.05. The number of Topliss-reactive ketones (excluding diaryl/α,β-unsaturated/α-hetero) is 1. The Kier molecular flexibility index (Phi) is 5.24. The van der Waals surface area contributed by atoms with E-state index in [0.717, 1.165) is 10.5 Å². The summed E-state index contributed by atoms with van der Waals surface area (Å²) in [7, 11) is 0. The molecular formula is C20H19NO3S. The third-order valence-corrected chi connectivity index (χ3v) is 5.23. The molecule has 0 heterocycles. The van der Waals surface area contributed by atoms with Crippen LogP contribution in [0.25, 0.3) is 0 Å². The summed E-state index contributed by atoms with van der Waals surface area (Å²) in [6, 6.07) is 17.0. The van der Waals surface area contributed by atoms with Crippen molar-refractivity contribution in [3.05, 3.63) is 70.8 Å². The Morgan fingerprint density at radius 1 is 1.08 bits per heavy atom. The van der Waals surface area contributed by atoms with Crippen molar-refractivity contribution in [2.24, 2.45) is 0 Å². The fraction of sp³-hybridized carbons (Fsp3) is 0.200. The molecule has 0 bridgehead atoms. The molecule has 0 spiro atoms. The minimum Gasteiger partial charge on any atom is -0.511 e. The minimum atomic E-state index is -0.129. The summed E-state index contributed by atoms with van der Waals surface area (Å²) < 4.78 is 0. The van der Waals surface area contributed by atoms with E-state index in [-0.39, 0.29) is 23.4 Å². The Hall–Kier alpha value is -2.53. The number of thioether (sulfide) groups is 1. The van der Waals surface area contributed by atoms with Crippen LogP contribution in [0, 0.1) is 0 Å². The number of nitrogens with one attached hydrogen (secondary N) is 1. The van der Waals surface area contributed by atoms with Crippen molar-refractivity contribution in [3.8, 4) is 0 Å². The first-order chi connectivity index (χ1) is 12.0. The number of aliphatic hydroxyl groups excluding tert-OH is 1. The topological polar surface area (TPSA) is 66.4 Å². The van der Waals surface area contributed by atoms with Crippen LogP contribution >= 0.6 is 11.8 Å². The molecule has 2 aromatic rings. The van der Waals surface area contributed by atoms with E-state index in [9.17, 15) is 14.7 Å². The van der Waals surface area contributed by atoms with Gasteiger partial charge in [0, 0.05) is 30.3 Å². The van der Waals surface area contributed by atoms with Gasteiger partial charge in [0.2, 0.25) is 5.91 Å². The van der Waals surface area contributed by atoms with Crippen LogP contribution in [0.15, 0.2) is 70.2 Å². The van der Waals surface area contributed by atoms with Gasteiger partial charge in [0.15, 0.2) is 5.78 Å². The van der Waals surface area contributed by atoms with Crippen molar-refractivity contribution in [1.82, 2.24) is 0 Å². The number of anilines is 1. The summed E-state index contributed by atoms with van der Waals surface area (Å²) in [4.78, 5) is 24.8. The van der Waals surface area contributed by atoms with Crippen LogP contribution in [-0.4, -0.2) is 16.8 Å². The monoisotopic (exact) mass is 353 g/mol. The number of rotatable bonds is 4. The average Bonchev–Trinajstić information content (AvgIpc) is 2.60. The molecule has 1 atom stereocenters. The van der Waals surface area contributed by atoms with Gasteiger partial charge in [-0.1, -0.05) is 42.1 Å². The zero-order chi connectivity index (χ0) is 17.8. The summed E-state index contributed by atoms with van der Waals surface area (Å²) in [6.07, 6.45) is 0.877. The molecule has 25 heavy (non-hydrogen) atoms. The lowest BCUT2D eigenvalue weighted by Crippen LogP contribution is -2.17. The van der Waals surface area contributed by atoms with Gasteiger partial charge in [-0.25, -0.2) is 0 Å². The molecule has 2 aromatic carbocycles. The van der Waals surface area contributed by atoms with Gasteiger partial charge < -0.3 is 10.4 Å². The van der Waals surface area contributed by atoms with E-state index in [4.69, 9.17) is 0 Å². The van der Waals surface area contributed by atoms with Crippen LogP contribution < -0.4 is 5.32 Å². The maximum atomic E-state index is 12.5. The van der Waals surface area contributed by atoms with Crippen LogP contribution in [-0.2, 0) is 9.59 Å². The van der Waals surface area contributed by atoms with Gasteiger partial charge in [-0.2, -0.15) is 0 Å². The van der Waals surface area contributed by atoms with Crippen molar-refractivity contribution in [1.29, 1.82) is 0 Å². The van der Waals surface area contributed by atoms with Crippen molar-refractivity contribution in [2.75, 3.05) is 5.32 Å². The summed E-state index contributed by atoms with van der Waals surface area (Å²) in [5.41, 5.74) is 1.78. The zero-order valence-corrected chi connectivity index (χ0v) is 14.7. The Morgan fingerprint density at radius 2 is 1.76 bits per heavy atom. The second-order valence-corrected chi connectivity index (χ2v) is 7.11. The van der Waals surface area contributed by atoms with Crippen LogP contribution in [0.5, 0.6) is 0 Å². The highest BCUT2D eigenvalue weighted by Crippen LogP contribution is 2.40. The van der Waals surface area contributed by atoms with E-state index in [1.807, 2.05) is 42.5 Å². The van der Waals surface area contributed by atoms with Gasteiger partial charge in [0.05, 0.1) is 4.91 Å². The second kappa shape index (κ2) is 7.57. The molecule has 5 heteroatoms. The molecule has 0 saturated carbocycles. The average molecular weight is 353 g/mol. The zero-order valence-electron chi connectivity index (χ0n) is 13.9. The molecule has 0 aliphatic heterocycles. The maximum Gasteiger partial charge on any atom is 0.221 e. The van der Waals surface area contributed by atoms with E-state index in [2.05, 4.69) is 5.32 Å². The fourth-order valence-electron chi connectivity index (χ4n) is 2.88. The predicted octanol–water partition coefficient (Wildman–Crippen LogP) is 4.65. The van der Waals surface area contributed by atoms with Crippen LogP contribution in [0.3, 0.4) is 0 Å². The van der Waals surface area contributed by atoms with E-state index in [0.29, 0.717) is 23.4 Å². The second-order valence-electron chi connectivity index (χ2n) is 6.02. The van der Waals surface area contributed by atoms with Gasteiger partial charge in [-0.05, 0) is 35.7 Å². The smallest absolute Gasteiger partial charge is 0.221 e. The first-order valence-corrected chi connectivity index (χ1v) is 8.90. The molecule has 128 valence electrons. The van der Waals surface area contributed by atoms with E-state index in [1.54, 1.807) is 12.1 Å². The molecule has 1 amide bonds. The Bertz CT molecular complexity index is 813. The number of carbonyl (C=O) groups excluding carboxylic acids is 2. The first-order valence-electron chi connectivity index (χ1n) is 8.08. The largest absolute Gasteiger partial charge is 0.511 e. The Morgan fingerprint density at radius 3 is 2.36 bits per heavy atom. The molecule has 2 N–H and O–H groups in total. The van der Waals surface area contributed by atoms with Crippen molar-refractivity contribution >= 4 is 29.1 Å². The van der Waals surface area contributed by atoms with Crippen LogP contribution in [0.2, 0.25) is 0 Å². The summed E-state index contributed by atoms with van der Waals surface area (Å²) in [6.45, 7) is 1.45. The van der Waals surface area contributed by atoms with Gasteiger partial charge in [-0.15, -0.1) is 0 Å². The molecule has 3 rings (SSSR count). The minimum absolute atomic E-state index is 0.0280. The number of amides is 1. The molecule has 0 radical (unpaired) electrons. The molecule has 0 fully saturated rings. The lowest BCUT2D eigenvalue weighted by Gasteiger charge is -2.23. The molecule has 1 aliphatic rings. The Balaban J connectivity index is 1.74. The van der Waals surface area contributed by atoms with Gasteiger partial charge in [-0.3, -0.25) is 9.59 Å². The standard InChI is InChI=1S/C20H19NO3S/c1-13(22)21-16-7-9-17(10-8-16)25-20-18(23)11-15(12-19(20)24)14-5-3-2-4-6-14/h2-10,15,23H,11-12H2,1H3,(H,21,22). The number of carbonyl (C=O) groups is 2. The van der Waals surface area contributed by atoms with Crippen molar-refractivity contribution in [2.45, 2.75) is 30.6 Å². The number of aliphatic hydroxyl groups is 1. The predicted molar refractivity (Wildman–Crippen MR) is 99.7 cm³/mol. The van der Waals surface area contributed by atoms with Gasteiger partial charge in [0.25, 0.3) is 0 Å². The van der Waals surface area contributed by atoms with Crippen LogP contribution in [0.1, 0.15) is 31.2 Å². The normalized spacial score (nSPS) is 17.5. The third kappa shape index (κ3) is 4.31. The highest BCUT2D eigenvalue weighted by atomic mass is 32.2. The van der Waals surface area contributed by atoms with Crippen LogP contribution in [0.4, 0.5) is 5.69 Å². The van der Waals surface area contributed by atoms with E-state index >= 15 is 0 Å². The van der Waals surface area contributed by atoms with E-state index in [1.165, 1.54) is 18.7 Å². The van der Waals surface area contributed by atoms with E-state index < -0.39 is 0 Å². The summed E-state index contributed by atoms with van der Waals surface area (Å²) >= 11 is 1.27. The highest BCUT2D eigenvalue weighted by Gasteiger charge is 2.29. The number of ketones is 1. The summed E-state index contributed by atoms with van der Waals surface area (Å²) in [5, 5.41) is 13.1. The highest BCUT2D eigenvalue weighted by molar-refractivity contribution is 8.04. The SMILES string of the molecule is CC(=O)Nc1ccc(SC2=C(O)CC(c3ccccc3)CC2=O)cc1. The van der Waals surface area contributed by atoms with Crippen molar-refractivity contribution in [3.63, 3.8) is 0 Å². The van der Waals surface area contributed by atoms with Gasteiger partial charge >= 0.3 is 0 Å². The lowest BCUT2D eigenvalue weighted by molar-refractivity contribution is -0.116. The molecule has 4 nitrogen and oxygen atoms in total. The molecule has 0 saturated heterocycles. The molecule has 0 aromatic heterocycles. The van der Waals surface area contributed by atoms with Gasteiger partial charge in [0.1, 0.15) is 5.76 Å². The molecule has 1 unspecified atom stereocenters. The number of allylic oxidation sites excluding steroid dienone is 2. The number of hydrogen-bond acceptors (Lipinski definition) is 4. The first kappa shape index (κ1) is 17.3. The quantitative estimate of drug-likeness (QED) is 0.839. The summed E-state index contributed by atoms with van der Waals surface area (Å²) in [5.74, 6) is 0.0185. The maximum absolute atomic E-state index is 12.5. The van der Waals surface area contributed by atoms with Crippen molar-refractivity contribution < 1.29 is 14.7 Å². The molecular weight excluding hydrogens is 334 g/mol.